The quantitative estimate of drug-likeness (QED) is 0.384. The molecule has 6 heteroatoms. The number of hydrogen-bond donors (Lipinski definition) is 0. The van der Waals surface area contributed by atoms with Crippen molar-refractivity contribution in [3.8, 4) is 0 Å². The average Bonchev–Trinajstić information content (AvgIpc) is 2.37. The summed E-state index contributed by atoms with van der Waals surface area (Å²) in [6.45, 7) is 22.9. The van der Waals surface area contributed by atoms with E-state index in [4.69, 9.17) is 18.9 Å². The second-order valence-corrected chi connectivity index (χ2v) is 13.4. The van der Waals surface area contributed by atoms with Gasteiger partial charge < -0.3 is 18.9 Å². The molecule has 0 aromatic carbocycles. The summed E-state index contributed by atoms with van der Waals surface area (Å²) in [4.78, 5) is 0. The Balaban J connectivity index is 0. The van der Waals surface area contributed by atoms with Crippen LogP contribution in [0.4, 0.5) is 0 Å². The van der Waals surface area contributed by atoms with Crippen molar-refractivity contribution in [2.24, 2.45) is 0 Å². The van der Waals surface area contributed by atoms with Crippen LogP contribution in [-0.2, 0) is 18.9 Å². The lowest BCUT2D eigenvalue weighted by Gasteiger charge is -2.28. The minimum Gasteiger partial charge on any atom is -0.354 e. The fourth-order valence-electron chi connectivity index (χ4n) is 2.25. The molecule has 0 fully saturated rings. The number of hydrogen-bond acceptors (Lipinski definition) is 4. The molecule has 0 atom stereocenters. The van der Waals surface area contributed by atoms with Crippen molar-refractivity contribution < 1.29 is 18.9 Å². The second-order valence-electron chi connectivity index (χ2n) is 7.18. The molecule has 0 aromatic rings. The molecule has 0 heterocycles. The van der Waals surface area contributed by atoms with Crippen molar-refractivity contribution >= 4 is 19.0 Å². The predicted molar refractivity (Wildman–Crippen MR) is 110 cm³/mol. The molecule has 0 aromatic heterocycles. The van der Waals surface area contributed by atoms with E-state index in [-0.39, 0.29) is 36.2 Å². The maximum atomic E-state index is 5.96. The zero-order valence-corrected chi connectivity index (χ0v) is 20.9. The Hall–Kier alpha value is 0.274. The van der Waals surface area contributed by atoms with E-state index in [0.717, 1.165) is 0 Å². The molecule has 24 heavy (non-hydrogen) atoms. The Morgan fingerprint density at radius 1 is 0.458 bits per heavy atom. The lowest BCUT2D eigenvalue weighted by atomic mass is 10.5. The third-order valence-corrected chi connectivity index (χ3v) is 8.03. The van der Waals surface area contributed by atoms with Crippen molar-refractivity contribution in [1.29, 1.82) is 0 Å². The van der Waals surface area contributed by atoms with Gasteiger partial charge >= 0.3 is 0 Å². The van der Waals surface area contributed by atoms with Crippen molar-refractivity contribution in [1.82, 2.24) is 0 Å². The van der Waals surface area contributed by atoms with E-state index in [1.165, 1.54) is 0 Å². The van der Waals surface area contributed by atoms with Crippen LogP contribution in [0.3, 0.4) is 0 Å². The number of rotatable bonds is 12. The molecule has 0 saturated heterocycles. The predicted octanol–water partition coefficient (Wildman–Crippen LogP) is 3.38. The molecule has 0 spiro atoms. The highest BCUT2D eigenvalue weighted by Crippen LogP contribution is 2.14. The van der Waals surface area contributed by atoms with Crippen molar-refractivity contribution in [3.63, 3.8) is 0 Å². The Morgan fingerprint density at radius 2 is 0.667 bits per heavy atom. The van der Waals surface area contributed by atoms with Crippen LogP contribution >= 0.6 is 0 Å². The van der Waals surface area contributed by atoms with Crippen molar-refractivity contribution in [2.75, 3.05) is 0 Å². The molecular formula is C18H44O4Si2. The van der Waals surface area contributed by atoms with Crippen LogP contribution in [0.25, 0.3) is 0 Å². The summed E-state index contributed by atoms with van der Waals surface area (Å²) in [7, 11) is -0.978. The van der Waals surface area contributed by atoms with Crippen LogP contribution in [0, 0.1) is 0 Å². The van der Waals surface area contributed by atoms with Gasteiger partial charge in [0.1, 0.15) is 11.8 Å². The van der Waals surface area contributed by atoms with Gasteiger partial charge in [-0.25, -0.2) is 0 Å². The maximum Gasteiger partial charge on any atom is 0.135 e. The van der Waals surface area contributed by atoms with Gasteiger partial charge in [-0.2, -0.15) is 0 Å². The van der Waals surface area contributed by atoms with Crippen molar-refractivity contribution in [3.05, 3.63) is 0 Å². The van der Waals surface area contributed by atoms with E-state index >= 15 is 0 Å². The molecule has 0 saturated carbocycles. The third kappa shape index (κ3) is 17.1. The lowest BCUT2D eigenvalue weighted by Crippen LogP contribution is -2.38. The zero-order valence-electron chi connectivity index (χ0n) is 18.1. The van der Waals surface area contributed by atoms with Crippen LogP contribution in [-0.4, -0.2) is 55.3 Å². The highest BCUT2D eigenvalue weighted by atomic mass is 28.3. The van der Waals surface area contributed by atoms with Gasteiger partial charge in [-0.05, 0) is 55.4 Å². The van der Waals surface area contributed by atoms with Gasteiger partial charge in [0, 0.05) is 0 Å². The van der Waals surface area contributed by atoms with Gasteiger partial charge in [0.05, 0.1) is 43.5 Å². The summed E-state index contributed by atoms with van der Waals surface area (Å²) in [5.41, 5.74) is 0. The molecule has 0 N–H and O–H groups in total. The topological polar surface area (TPSA) is 36.9 Å². The molecule has 4 nitrogen and oxygen atoms in total. The summed E-state index contributed by atoms with van der Waals surface area (Å²) < 4.78 is 23.8. The minimum atomic E-state index is -0.489. The molecular weight excluding hydrogens is 336 g/mol. The standard InChI is InChI=1S/C16H38O4Si2.C2H6/c1-10(2)17-15(18-11(3)4)21-14(9)22-16(19-12(5)6)20-13(7)8;1-2/h10-16H,21-22H2,1-9H3;1-2H3. The van der Waals surface area contributed by atoms with Crippen LogP contribution in [0.2, 0.25) is 5.16 Å². The van der Waals surface area contributed by atoms with Crippen LogP contribution in [0.5, 0.6) is 0 Å². The largest absolute Gasteiger partial charge is 0.354 e. The third-order valence-electron chi connectivity index (χ3n) is 2.89. The highest BCUT2D eigenvalue weighted by Gasteiger charge is 2.23. The maximum absolute atomic E-state index is 5.96. The smallest absolute Gasteiger partial charge is 0.135 e. The lowest BCUT2D eigenvalue weighted by molar-refractivity contribution is -0.136. The molecule has 0 aliphatic heterocycles. The van der Waals surface area contributed by atoms with Gasteiger partial charge in [0.15, 0.2) is 0 Å². The molecule has 0 aliphatic carbocycles. The molecule has 0 amide bonds. The Morgan fingerprint density at radius 3 is 0.833 bits per heavy atom. The van der Waals surface area contributed by atoms with Crippen LogP contribution < -0.4 is 0 Å². The van der Waals surface area contributed by atoms with Gasteiger partial charge in [-0.15, -0.1) is 0 Å². The van der Waals surface area contributed by atoms with Gasteiger partial charge in [-0.3, -0.25) is 0 Å². The van der Waals surface area contributed by atoms with E-state index < -0.39 is 19.0 Å². The molecule has 0 unspecified atom stereocenters. The summed E-state index contributed by atoms with van der Waals surface area (Å²) in [6.07, 6.45) is 0.832. The zero-order chi connectivity index (χ0) is 19.3. The van der Waals surface area contributed by atoms with E-state index in [9.17, 15) is 0 Å². The molecule has 0 rings (SSSR count). The second kappa shape index (κ2) is 15.5. The van der Waals surface area contributed by atoms with E-state index in [1.54, 1.807) is 0 Å². The normalized spacial score (nSPS) is 14.4. The first-order valence-corrected chi connectivity index (χ1v) is 13.0. The van der Waals surface area contributed by atoms with E-state index in [2.05, 4.69) is 62.3 Å². The molecule has 0 radical (unpaired) electrons. The summed E-state index contributed by atoms with van der Waals surface area (Å²) in [5.74, 6) is 0.00231. The van der Waals surface area contributed by atoms with Gasteiger partial charge in [-0.1, -0.05) is 25.9 Å². The van der Waals surface area contributed by atoms with E-state index in [1.807, 2.05) is 13.8 Å². The molecule has 0 aliphatic rings. The monoisotopic (exact) mass is 380 g/mol. The first-order valence-electron chi connectivity index (χ1n) is 9.71. The first kappa shape index (κ1) is 26.5. The molecule has 0 bridgehead atoms. The minimum absolute atomic E-state index is 0.00116. The average molecular weight is 381 g/mol. The highest BCUT2D eigenvalue weighted by molar-refractivity contribution is 6.59. The summed E-state index contributed by atoms with van der Waals surface area (Å²) in [6, 6.07) is 0. The molecule has 148 valence electrons. The SMILES string of the molecule is CC.CC(C)OC(OC(C)C)[SiH2]C(C)[SiH2]C(OC(C)C)OC(C)C. The van der Waals surface area contributed by atoms with Gasteiger partial charge in [0.2, 0.25) is 0 Å². The summed E-state index contributed by atoms with van der Waals surface area (Å²) >= 11 is 0. The fraction of sp³-hybridized carbons (Fsp3) is 1.00. The first-order chi connectivity index (χ1) is 11.1. The Bertz CT molecular complexity index is 228. The van der Waals surface area contributed by atoms with Crippen molar-refractivity contribution in [2.45, 2.75) is 118 Å². The van der Waals surface area contributed by atoms with Crippen LogP contribution in [0.1, 0.15) is 76.2 Å². The number of ether oxygens (including phenoxy) is 4. The fourth-order valence-corrected chi connectivity index (χ4v) is 7.95. The van der Waals surface area contributed by atoms with Crippen LogP contribution in [0.15, 0.2) is 0 Å². The Labute approximate surface area is 156 Å². The summed E-state index contributed by atoms with van der Waals surface area (Å²) in [5, 5.41) is 0.671. The Kier molecular flexibility index (Phi) is 17.1. The van der Waals surface area contributed by atoms with E-state index in [0.29, 0.717) is 5.16 Å². The van der Waals surface area contributed by atoms with Gasteiger partial charge in [0.25, 0.3) is 0 Å².